The Morgan fingerprint density at radius 3 is 2.40 bits per heavy atom. The molecule has 1 aliphatic rings. The largest absolute Gasteiger partial charge is 0.480 e. The predicted octanol–water partition coefficient (Wildman–Crippen LogP) is 1.00. The van der Waals surface area contributed by atoms with Gasteiger partial charge in [-0.2, -0.15) is 0 Å². The molecule has 1 unspecified atom stereocenters. The monoisotopic (exact) mass is 284 g/mol. The van der Waals surface area contributed by atoms with Crippen molar-refractivity contribution in [2.45, 2.75) is 51.5 Å². The Hall–Kier alpha value is -1.59. The van der Waals surface area contributed by atoms with Crippen LogP contribution in [-0.4, -0.2) is 47.4 Å². The van der Waals surface area contributed by atoms with Crippen molar-refractivity contribution in [2.24, 2.45) is 5.92 Å². The van der Waals surface area contributed by atoms with Crippen molar-refractivity contribution < 1.29 is 19.5 Å². The molecule has 6 heteroatoms. The fraction of sp³-hybridized carbons (Fsp3) is 0.786. The third kappa shape index (κ3) is 4.51. The van der Waals surface area contributed by atoms with Crippen LogP contribution in [0.5, 0.6) is 0 Å². The van der Waals surface area contributed by atoms with Crippen LogP contribution in [0.2, 0.25) is 0 Å². The topological polar surface area (TPSA) is 86.7 Å². The van der Waals surface area contributed by atoms with Crippen molar-refractivity contribution >= 4 is 17.8 Å². The molecule has 0 aromatic rings. The molecule has 0 aromatic heterocycles. The summed E-state index contributed by atoms with van der Waals surface area (Å²) in [5.41, 5.74) is 0. The van der Waals surface area contributed by atoms with Crippen LogP contribution in [0.25, 0.3) is 0 Å². The molecule has 0 radical (unpaired) electrons. The zero-order valence-corrected chi connectivity index (χ0v) is 12.2. The number of carbonyl (C=O) groups excluding carboxylic acids is 2. The first-order chi connectivity index (χ1) is 9.47. The second-order valence-electron chi connectivity index (χ2n) is 5.29. The Morgan fingerprint density at radius 1 is 1.30 bits per heavy atom. The molecule has 1 rings (SSSR count). The zero-order chi connectivity index (χ0) is 15.1. The highest BCUT2D eigenvalue weighted by Crippen LogP contribution is 2.24. The van der Waals surface area contributed by atoms with E-state index in [9.17, 15) is 14.4 Å². The lowest BCUT2D eigenvalue weighted by Gasteiger charge is -2.23. The molecule has 20 heavy (non-hydrogen) atoms. The van der Waals surface area contributed by atoms with Gasteiger partial charge in [-0.15, -0.1) is 0 Å². The smallest absolute Gasteiger partial charge is 0.326 e. The molecular formula is C14H24N2O4. The quantitative estimate of drug-likeness (QED) is 0.730. The van der Waals surface area contributed by atoms with E-state index in [2.05, 4.69) is 5.32 Å². The van der Waals surface area contributed by atoms with Gasteiger partial charge in [0.2, 0.25) is 11.8 Å². The number of likely N-dealkylation sites (N-methyl/N-ethyl adjacent to an activating group) is 1. The summed E-state index contributed by atoms with van der Waals surface area (Å²) < 4.78 is 0. The van der Waals surface area contributed by atoms with E-state index in [1.807, 2.05) is 0 Å². The summed E-state index contributed by atoms with van der Waals surface area (Å²) in [7, 11) is 1.49. The fourth-order valence-electron chi connectivity index (χ4n) is 2.59. The van der Waals surface area contributed by atoms with Crippen LogP contribution >= 0.6 is 0 Å². The lowest BCUT2D eigenvalue weighted by molar-refractivity contribution is -0.149. The van der Waals surface area contributed by atoms with Crippen molar-refractivity contribution in [3.05, 3.63) is 0 Å². The van der Waals surface area contributed by atoms with Gasteiger partial charge in [-0.05, 0) is 19.3 Å². The van der Waals surface area contributed by atoms with Crippen LogP contribution in [0.1, 0.15) is 45.4 Å². The van der Waals surface area contributed by atoms with Crippen molar-refractivity contribution in [1.82, 2.24) is 10.2 Å². The summed E-state index contributed by atoms with van der Waals surface area (Å²) in [6.45, 7) is 2.00. The van der Waals surface area contributed by atoms with Gasteiger partial charge in [0.05, 0.1) is 0 Å². The lowest BCUT2D eigenvalue weighted by atomic mass is 10.1. The molecular weight excluding hydrogens is 260 g/mol. The SMILES string of the molecule is CCC(C(=O)O)N(C)C(=O)CCNC(=O)C1CCCC1. The summed E-state index contributed by atoms with van der Waals surface area (Å²) >= 11 is 0. The van der Waals surface area contributed by atoms with Gasteiger partial charge in [-0.25, -0.2) is 4.79 Å². The van der Waals surface area contributed by atoms with Crippen molar-refractivity contribution in [3.63, 3.8) is 0 Å². The van der Waals surface area contributed by atoms with Crippen LogP contribution < -0.4 is 5.32 Å². The highest BCUT2D eigenvalue weighted by atomic mass is 16.4. The maximum absolute atomic E-state index is 11.9. The van der Waals surface area contributed by atoms with E-state index in [0.717, 1.165) is 25.7 Å². The van der Waals surface area contributed by atoms with E-state index in [1.165, 1.54) is 11.9 Å². The molecule has 0 aromatic carbocycles. The third-order valence-corrected chi connectivity index (χ3v) is 3.90. The molecule has 1 fully saturated rings. The second kappa shape index (κ2) is 7.87. The highest BCUT2D eigenvalue weighted by Gasteiger charge is 2.25. The summed E-state index contributed by atoms with van der Waals surface area (Å²) in [4.78, 5) is 35.8. The van der Waals surface area contributed by atoms with Gasteiger partial charge in [0.25, 0.3) is 0 Å². The average Bonchev–Trinajstić information content (AvgIpc) is 2.92. The molecule has 2 N–H and O–H groups in total. The average molecular weight is 284 g/mol. The molecule has 1 aliphatic carbocycles. The van der Waals surface area contributed by atoms with Crippen molar-refractivity contribution in [3.8, 4) is 0 Å². The van der Waals surface area contributed by atoms with Gasteiger partial charge in [-0.3, -0.25) is 9.59 Å². The predicted molar refractivity (Wildman–Crippen MR) is 74.1 cm³/mol. The number of nitrogens with one attached hydrogen (secondary N) is 1. The molecule has 1 atom stereocenters. The minimum atomic E-state index is -1.00. The summed E-state index contributed by atoms with van der Waals surface area (Å²) in [6.07, 6.45) is 4.55. The molecule has 0 bridgehead atoms. The van der Waals surface area contributed by atoms with Gasteiger partial charge in [-0.1, -0.05) is 19.8 Å². The first-order valence-electron chi connectivity index (χ1n) is 7.23. The molecule has 114 valence electrons. The van der Waals surface area contributed by atoms with Crippen molar-refractivity contribution in [1.29, 1.82) is 0 Å². The normalized spacial score (nSPS) is 16.7. The number of hydrogen-bond donors (Lipinski definition) is 2. The Morgan fingerprint density at radius 2 is 1.90 bits per heavy atom. The van der Waals surface area contributed by atoms with Crippen LogP contribution in [0.3, 0.4) is 0 Å². The zero-order valence-electron chi connectivity index (χ0n) is 12.2. The molecule has 2 amide bonds. The van der Waals surface area contributed by atoms with E-state index in [0.29, 0.717) is 6.42 Å². The van der Waals surface area contributed by atoms with Crippen LogP contribution in [0.4, 0.5) is 0 Å². The summed E-state index contributed by atoms with van der Waals surface area (Å²) in [6, 6.07) is -0.798. The lowest BCUT2D eigenvalue weighted by Crippen LogP contribution is -2.43. The highest BCUT2D eigenvalue weighted by molar-refractivity contribution is 5.84. The van der Waals surface area contributed by atoms with E-state index in [-0.39, 0.29) is 30.7 Å². The Labute approximate surface area is 119 Å². The Kier molecular flexibility index (Phi) is 6.48. The number of rotatable bonds is 7. The maximum Gasteiger partial charge on any atom is 0.326 e. The molecule has 1 saturated carbocycles. The van der Waals surface area contributed by atoms with E-state index in [4.69, 9.17) is 5.11 Å². The third-order valence-electron chi connectivity index (χ3n) is 3.90. The van der Waals surface area contributed by atoms with Gasteiger partial charge in [0.15, 0.2) is 0 Å². The molecule has 0 spiro atoms. The number of aliphatic carboxylic acids is 1. The second-order valence-corrected chi connectivity index (χ2v) is 5.29. The van der Waals surface area contributed by atoms with Crippen molar-refractivity contribution in [2.75, 3.05) is 13.6 Å². The Balaban J connectivity index is 2.31. The standard InChI is InChI=1S/C14H24N2O4/c1-3-11(14(19)20)16(2)12(17)8-9-15-13(18)10-6-4-5-7-10/h10-11H,3-9H2,1-2H3,(H,15,18)(H,19,20). The van der Waals surface area contributed by atoms with Crippen LogP contribution in [-0.2, 0) is 14.4 Å². The van der Waals surface area contributed by atoms with Gasteiger partial charge >= 0.3 is 5.97 Å². The molecule has 0 heterocycles. The first kappa shape index (κ1) is 16.5. The number of carbonyl (C=O) groups is 3. The van der Waals surface area contributed by atoms with Crippen LogP contribution in [0.15, 0.2) is 0 Å². The number of carboxylic acid groups (broad SMARTS) is 1. The van der Waals surface area contributed by atoms with Gasteiger partial charge in [0, 0.05) is 25.9 Å². The van der Waals surface area contributed by atoms with E-state index < -0.39 is 12.0 Å². The molecule has 6 nitrogen and oxygen atoms in total. The Bertz CT molecular complexity index is 364. The first-order valence-corrected chi connectivity index (χ1v) is 7.23. The molecule has 0 saturated heterocycles. The fourth-order valence-corrected chi connectivity index (χ4v) is 2.59. The summed E-state index contributed by atoms with van der Waals surface area (Å²) in [5, 5.41) is 11.7. The minimum Gasteiger partial charge on any atom is -0.480 e. The van der Waals surface area contributed by atoms with E-state index >= 15 is 0 Å². The minimum absolute atomic E-state index is 0.0169. The number of amides is 2. The molecule has 0 aliphatic heterocycles. The number of carboxylic acids is 1. The van der Waals surface area contributed by atoms with E-state index in [1.54, 1.807) is 6.92 Å². The maximum atomic E-state index is 11.9. The van der Waals surface area contributed by atoms with Gasteiger partial charge < -0.3 is 15.3 Å². The number of hydrogen-bond acceptors (Lipinski definition) is 3. The summed E-state index contributed by atoms with van der Waals surface area (Å²) in [5.74, 6) is -1.15. The van der Waals surface area contributed by atoms with Crippen LogP contribution in [0, 0.1) is 5.92 Å². The number of nitrogens with zero attached hydrogens (tertiary/aromatic N) is 1. The van der Waals surface area contributed by atoms with Gasteiger partial charge in [0.1, 0.15) is 6.04 Å².